The van der Waals surface area contributed by atoms with Gasteiger partial charge in [0.15, 0.2) is 17.3 Å². The number of carbonyl (C=O) groups excluding carboxylic acids is 2. The average molecular weight is 318 g/mol. The molecule has 0 heterocycles. The number of hydrogen-bond donors (Lipinski definition) is 6. The second-order valence-electron chi connectivity index (χ2n) is 5.09. The van der Waals surface area contributed by atoms with Gasteiger partial charge in [0.2, 0.25) is 17.3 Å². The van der Waals surface area contributed by atoms with Crippen LogP contribution in [0.15, 0.2) is 6.07 Å². The standard InChI is InChI=1S/C15H10O8/c1-3-5(16)2-4-6(9(3)17)11(19)8-7(10(4)18)12(20)14(22)15(23)13(8)21/h2,16-17,20-23H,1H3. The quantitative estimate of drug-likeness (QED) is 0.265. The van der Waals surface area contributed by atoms with Crippen LogP contribution in [-0.4, -0.2) is 42.2 Å². The summed E-state index contributed by atoms with van der Waals surface area (Å²) in [6.45, 7) is 1.31. The Labute approximate surface area is 128 Å². The molecular formula is C15H10O8. The maximum Gasteiger partial charge on any atom is 0.205 e. The van der Waals surface area contributed by atoms with Crippen molar-refractivity contribution in [1.82, 2.24) is 0 Å². The van der Waals surface area contributed by atoms with Gasteiger partial charge in [-0.3, -0.25) is 9.59 Å². The number of aromatic hydroxyl groups is 6. The molecule has 8 heteroatoms. The molecule has 0 aromatic heterocycles. The van der Waals surface area contributed by atoms with E-state index in [1.165, 1.54) is 6.92 Å². The summed E-state index contributed by atoms with van der Waals surface area (Å²) < 4.78 is 0. The minimum absolute atomic E-state index is 0.0555. The van der Waals surface area contributed by atoms with E-state index < -0.39 is 68.3 Å². The maximum atomic E-state index is 12.5. The van der Waals surface area contributed by atoms with Crippen molar-refractivity contribution in [3.05, 3.63) is 33.9 Å². The Morgan fingerprint density at radius 3 is 1.65 bits per heavy atom. The number of rotatable bonds is 0. The fraction of sp³-hybridized carbons (Fsp3) is 0.0667. The maximum absolute atomic E-state index is 12.5. The summed E-state index contributed by atoms with van der Waals surface area (Å²) in [5.74, 6) is -7.66. The zero-order chi connectivity index (χ0) is 17.2. The van der Waals surface area contributed by atoms with Crippen molar-refractivity contribution in [2.45, 2.75) is 6.92 Å². The van der Waals surface area contributed by atoms with Gasteiger partial charge in [-0.15, -0.1) is 0 Å². The van der Waals surface area contributed by atoms with Gasteiger partial charge in [-0.25, -0.2) is 0 Å². The Balaban J connectivity index is 2.48. The lowest BCUT2D eigenvalue weighted by Gasteiger charge is -2.22. The lowest BCUT2D eigenvalue weighted by molar-refractivity contribution is 0.0970. The predicted molar refractivity (Wildman–Crippen MR) is 74.5 cm³/mol. The molecular weight excluding hydrogens is 308 g/mol. The van der Waals surface area contributed by atoms with Gasteiger partial charge in [-0.1, -0.05) is 0 Å². The molecule has 0 saturated carbocycles. The van der Waals surface area contributed by atoms with Crippen LogP contribution in [0.2, 0.25) is 0 Å². The van der Waals surface area contributed by atoms with E-state index in [1.54, 1.807) is 0 Å². The van der Waals surface area contributed by atoms with Crippen LogP contribution in [0.4, 0.5) is 0 Å². The highest BCUT2D eigenvalue weighted by Crippen LogP contribution is 2.51. The summed E-state index contributed by atoms with van der Waals surface area (Å²) in [7, 11) is 0. The molecule has 0 radical (unpaired) electrons. The van der Waals surface area contributed by atoms with Gasteiger partial charge < -0.3 is 30.6 Å². The number of phenols is 6. The molecule has 0 amide bonds. The van der Waals surface area contributed by atoms with E-state index in [0.717, 1.165) is 6.07 Å². The van der Waals surface area contributed by atoms with Crippen LogP contribution in [0.1, 0.15) is 37.4 Å². The number of hydrogen-bond acceptors (Lipinski definition) is 8. The van der Waals surface area contributed by atoms with Crippen LogP contribution < -0.4 is 0 Å². The molecule has 8 nitrogen and oxygen atoms in total. The van der Waals surface area contributed by atoms with Crippen molar-refractivity contribution in [2.24, 2.45) is 0 Å². The van der Waals surface area contributed by atoms with Crippen molar-refractivity contribution in [1.29, 1.82) is 0 Å². The summed E-state index contributed by atoms with van der Waals surface area (Å²) in [6.07, 6.45) is 0. The third-order valence-corrected chi connectivity index (χ3v) is 3.85. The van der Waals surface area contributed by atoms with E-state index in [1.807, 2.05) is 0 Å². The highest BCUT2D eigenvalue weighted by Gasteiger charge is 2.40. The van der Waals surface area contributed by atoms with Gasteiger partial charge in [0.1, 0.15) is 11.5 Å². The second-order valence-corrected chi connectivity index (χ2v) is 5.09. The first kappa shape index (κ1) is 14.5. The summed E-state index contributed by atoms with van der Waals surface area (Å²) >= 11 is 0. The Kier molecular flexibility index (Phi) is 2.71. The van der Waals surface area contributed by atoms with Crippen molar-refractivity contribution >= 4 is 11.6 Å². The molecule has 118 valence electrons. The molecule has 1 aliphatic carbocycles. The molecule has 0 fully saturated rings. The molecule has 0 aliphatic heterocycles. The van der Waals surface area contributed by atoms with E-state index in [2.05, 4.69) is 0 Å². The third-order valence-electron chi connectivity index (χ3n) is 3.85. The summed E-state index contributed by atoms with van der Waals surface area (Å²) in [5, 5.41) is 58.5. The van der Waals surface area contributed by atoms with Crippen LogP contribution in [0, 0.1) is 6.92 Å². The second kappa shape index (κ2) is 4.29. The zero-order valence-electron chi connectivity index (χ0n) is 11.6. The van der Waals surface area contributed by atoms with Crippen molar-refractivity contribution in [3.63, 3.8) is 0 Å². The molecule has 3 rings (SSSR count). The first-order valence-electron chi connectivity index (χ1n) is 6.33. The van der Waals surface area contributed by atoms with E-state index in [-0.39, 0.29) is 5.56 Å². The number of fused-ring (bicyclic) bond motifs is 2. The average Bonchev–Trinajstić information content (AvgIpc) is 2.51. The largest absolute Gasteiger partial charge is 0.508 e. The smallest absolute Gasteiger partial charge is 0.205 e. The van der Waals surface area contributed by atoms with Crippen LogP contribution in [-0.2, 0) is 0 Å². The molecule has 0 saturated heterocycles. The van der Waals surface area contributed by atoms with Gasteiger partial charge in [0, 0.05) is 11.1 Å². The number of ketones is 2. The molecule has 2 aromatic carbocycles. The predicted octanol–water partition coefficient (Wildman–Crippen LogP) is 1.00. The van der Waals surface area contributed by atoms with Gasteiger partial charge >= 0.3 is 0 Å². The number of carbonyl (C=O) groups is 2. The Morgan fingerprint density at radius 2 is 1.13 bits per heavy atom. The van der Waals surface area contributed by atoms with Gasteiger partial charge in [0.25, 0.3) is 0 Å². The topological polar surface area (TPSA) is 156 Å². The third kappa shape index (κ3) is 1.60. The fourth-order valence-corrected chi connectivity index (χ4v) is 2.56. The molecule has 2 aromatic rings. The number of phenolic OH excluding ortho intramolecular Hbond substituents is 6. The first-order chi connectivity index (χ1) is 10.7. The Bertz CT molecular complexity index is 926. The van der Waals surface area contributed by atoms with Gasteiger partial charge in [0.05, 0.1) is 16.7 Å². The van der Waals surface area contributed by atoms with Crippen molar-refractivity contribution < 1.29 is 40.2 Å². The molecule has 23 heavy (non-hydrogen) atoms. The molecule has 0 unspecified atom stereocenters. The monoisotopic (exact) mass is 318 g/mol. The molecule has 0 atom stereocenters. The highest BCUT2D eigenvalue weighted by molar-refractivity contribution is 6.31. The summed E-state index contributed by atoms with van der Waals surface area (Å²) in [4.78, 5) is 25.0. The van der Waals surface area contributed by atoms with E-state index in [4.69, 9.17) is 0 Å². The SMILES string of the molecule is Cc1c(O)cc2c(c1O)C(=O)c1c(O)c(O)c(O)c(O)c1C2=O. The van der Waals surface area contributed by atoms with E-state index in [0.29, 0.717) is 0 Å². The zero-order valence-corrected chi connectivity index (χ0v) is 11.6. The Hall–Kier alpha value is -3.42. The lowest BCUT2D eigenvalue weighted by Crippen LogP contribution is -2.22. The van der Waals surface area contributed by atoms with Crippen LogP contribution in [0.5, 0.6) is 34.5 Å². The highest BCUT2D eigenvalue weighted by atomic mass is 16.3. The first-order valence-corrected chi connectivity index (χ1v) is 6.33. The summed E-state index contributed by atoms with van der Waals surface area (Å²) in [6, 6.07) is 0.938. The molecule has 0 bridgehead atoms. The van der Waals surface area contributed by atoms with Crippen LogP contribution in [0.3, 0.4) is 0 Å². The van der Waals surface area contributed by atoms with Gasteiger partial charge in [-0.2, -0.15) is 0 Å². The minimum Gasteiger partial charge on any atom is -0.508 e. The normalized spacial score (nSPS) is 12.9. The molecule has 1 aliphatic rings. The van der Waals surface area contributed by atoms with Crippen molar-refractivity contribution in [2.75, 3.05) is 0 Å². The van der Waals surface area contributed by atoms with E-state index in [9.17, 15) is 40.2 Å². The van der Waals surface area contributed by atoms with E-state index >= 15 is 0 Å². The summed E-state index contributed by atoms with van der Waals surface area (Å²) in [5.41, 5.74) is -2.39. The molecule has 0 spiro atoms. The molecule has 6 N–H and O–H groups in total. The van der Waals surface area contributed by atoms with Crippen LogP contribution in [0.25, 0.3) is 0 Å². The van der Waals surface area contributed by atoms with Crippen LogP contribution >= 0.6 is 0 Å². The minimum atomic E-state index is -1.17. The number of benzene rings is 2. The fourth-order valence-electron chi connectivity index (χ4n) is 2.56. The van der Waals surface area contributed by atoms with Gasteiger partial charge in [-0.05, 0) is 13.0 Å². The lowest BCUT2D eigenvalue weighted by atomic mass is 9.81. The van der Waals surface area contributed by atoms with Crippen molar-refractivity contribution in [3.8, 4) is 34.5 Å². The Morgan fingerprint density at radius 1 is 0.652 bits per heavy atom.